The number of piperidine rings is 1. The van der Waals surface area contributed by atoms with Crippen LogP contribution >= 0.6 is 0 Å². The van der Waals surface area contributed by atoms with Gasteiger partial charge in [0.2, 0.25) is 11.8 Å². The molecule has 0 radical (unpaired) electrons. The van der Waals surface area contributed by atoms with Gasteiger partial charge < -0.3 is 15.1 Å². The number of anilines is 2. The maximum atomic E-state index is 12.8. The quantitative estimate of drug-likeness (QED) is 0.660. The predicted octanol–water partition coefficient (Wildman–Crippen LogP) is 4.62. The minimum atomic E-state index is -0.0489. The molecule has 2 amide bonds. The average Bonchev–Trinajstić information content (AvgIpc) is 3.41. The predicted molar refractivity (Wildman–Crippen MR) is 137 cm³/mol. The van der Waals surface area contributed by atoms with E-state index >= 15 is 0 Å². The number of aromatic nitrogens is 2. The number of nitrogens with one attached hydrogen (secondary N) is 1. The molecule has 0 bridgehead atoms. The summed E-state index contributed by atoms with van der Waals surface area (Å²) < 4.78 is 0. The molecular formula is C28H37N5O2. The van der Waals surface area contributed by atoms with Crippen LogP contribution in [-0.4, -0.2) is 53.1 Å². The first-order chi connectivity index (χ1) is 17.2. The molecule has 2 saturated heterocycles. The number of carbonyl (C=O) groups is 2. The maximum absolute atomic E-state index is 12.8. The van der Waals surface area contributed by atoms with Gasteiger partial charge in [-0.3, -0.25) is 9.59 Å². The molecular weight excluding hydrogens is 438 g/mol. The fourth-order valence-electron chi connectivity index (χ4n) is 5.96. The number of hydrogen-bond acceptors (Lipinski definition) is 5. The van der Waals surface area contributed by atoms with Crippen LogP contribution in [0.4, 0.5) is 11.5 Å². The summed E-state index contributed by atoms with van der Waals surface area (Å²) in [6.45, 7) is 3.20. The van der Waals surface area contributed by atoms with Crippen LogP contribution in [0.5, 0.6) is 0 Å². The molecule has 1 atom stereocenters. The molecule has 1 unspecified atom stereocenters. The van der Waals surface area contributed by atoms with E-state index in [1.54, 1.807) is 6.20 Å². The van der Waals surface area contributed by atoms with E-state index in [-0.39, 0.29) is 11.8 Å². The third-order valence-corrected chi connectivity index (χ3v) is 8.13. The van der Waals surface area contributed by atoms with Crippen molar-refractivity contribution in [1.82, 2.24) is 15.1 Å². The summed E-state index contributed by atoms with van der Waals surface area (Å²) in [5.41, 5.74) is 2.15. The summed E-state index contributed by atoms with van der Waals surface area (Å²) >= 11 is 0. The van der Waals surface area contributed by atoms with Crippen LogP contribution < -0.4 is 10.2 Å². The molecule has 5 rings (SSSR count). The Morgan fingerprint density at radius 3 is 2.40 bits per heavy atom. The Morgan fingerprint density at radius 1 is 0.914 bits per heavy atom. The van der Waals surface area contributed by atoms with E-state index in [0.29, 0.717) is 24.3 Å². The molecule has 3 aliphatic rings. The maximum Gasteiger partial charge on any atom is 0.229 e. The Bertz CT molecular complexity index is 982. The lowest BCUT2D eigenvalue weighted by Gasteiger charge is -2.33. The molecule has 1 aliphatic carbocycles. The number of nitrogens with zero attached hydrogens (tertiary/aromatic N) is 4. The van der Waals surface area contributed by atoms with Crippen molar-refractivity contribution in [1.29, 1.82) is 0 Å². The van der Waals surface area contributed by atoms with Crippen molar-refractivity contribution in [2.24, 2.45) is 11.8 Å². The summed E-state index contributed by atoms with van der Waals surface area (Å²) in [6.07, 6.45) is 11.6. The fraction of sp³-hybridized carbons (Fsp3) is 0.571. The smallest absolute Gasteiger partial charge is 0.229 e. The lowest BCUT2D eigenvalue weighted by Crippen LogP contribution is -2.38. The van der Waals surface area contributed by atoms with Crippen LogP contribution in [0.25, 0.3) is 0 Å². The molecule has 1 aromatic carbocycles. The van der Waals surface area contributed by atoms with E-state index in [4.69, 9.17) is 0 Å². The van der Waals surface area contributed by atoms with E-state index < -0.39 is 0 Å². The van der Waals surface area contributed by atoms with Gasteiger partial charge in [0.15, 0.2) is 5.82 Å². The lowest BCUT2D eigenvalue weighted by atomic mass is 9.85. The van der Waals surface area contributed by atoms with Crippen molar-refractivity contribution >= 4 is 23.3 Å². The number of benzene rings is 1. The van der Waals surface area contributed by atoms with E-state index in [9.17, 15) is 9.59 Å². The number of likely N-dealkylation sites (tertiary alicyclic amines) is 1. The molecule has 2 aromatic rings. The normalized spacial score (nSPS) is 21.8. The van der Waals surface area contributed by atoms with Crippen LogP contribution in [0.15, 0.2) is 42.6 Å². The summed E-state index contributed by atoms with van der Waals surface area (Å²) in [7, 11) is 0. The highest BCUT2D eigenvalue weighted by atomic mass is 16.2. The molecule has 3 fully saturated rings. The topological polar surface area (TPSA) is 78.4 Å². The van der Waals surface area contributed by atoms with Gasteiger partial charge >= 0.3 is 0 Å². The van der Waals surface area contributed by atoms with Gasteiger partial charge in [-0.15, -0.1) is 5.10 Å². The zero-order valence-corrected chi connectivity index (χ0v) is 20.6. The second-order valence-corrected chi connectivity index (χ2v) is 10.5. The van der Waals surface area contributed by atoms with Crippen LogP contribution in [0.1, 0.15) is 69.3 Å². The first-order valence-electron chi connectivity index (χ1n) is 13.4. The highest BCUT2D eigenvalue weighted by molar-refractivity contribution is 5.93. The third kappa shape index (κ3) is 6.00. The minimum Gasteiger partial charge on any atom is -0.354 e. The highest BCUT2D eigenvalue weighted by Gasteiger charge is 2.30. The van der Waals surface area contributed by atoms with Crippen molar-refractivity contribution in [2.75, 3.05) is 36.4 Å². The summed E-state index contributed by atoms with van der Waals surface area (Å²) in [6, 6.07) is 12.1. The zero-order chi connectivity index (χ0) is 24.0. The molecule has 7 heteroatoms. The monoisotopic (exact) mass is 475 g/mol. The molecule has 3 heterocycles. The van der Waals surface area contributed by atoms with Crippen molar-refractivity contribution < 1.29 is 9.59 Å². The van der Waals surface area contributed by atoms with Gasteiger partial charge in [0.05, 0.1) is 5.92 Å². The van der Waals surface area contributed by atoms with Gasteiger partial charge in [0.1, 0.15) is 0 Å². The Labute approximate surface area is 208 Å². The van der Waals surface area contributed by atoms with Crippen LogP contribution in [-0.2, 0) is 9.59 Å². The lowest BCUT2D eigenvalue weighted by molar-refractivity contribution is -0.133. The molecule has 1 aromatic heterocycles. The largest absolute Gasteiger partial charge is 0.354 e. The average molecular weight is 476 g/mol. The van der Waals surface area contributed by atoms with Crippen LogP contribution in [0.2, 0.25) is 0 Å². The Balaban J connectivity index is 1.08. The van der Waals surface area contributed by atoms with Crippen molar-refractivity contribution in [3.63, 3.8) is 0 Å². The van der Waals surface area contributed by atoms with Gasteiger partial charge in [0, 0.05) is 44.5 Å². The number of rotatable bonds is 6. The number of amides is 2. The third-order valence-electron chi connectivity index (χ3n) is 8.13. The van der Waals surface area contributed by atoms with Gasteiger partial charge in [-0.25, -0.2) is 0 Å². The van der Waals surface area contributed by atoms with Crippen LogP contribution in [0.3, 0.4) is 0 Å². The van der Waals surface area contributed by atoms with Crippen LogP contribution in [0, 0.1) is 11.8 Å². The molecule has 1 saturated carbocycles. The standard InChI is InChI=1S/C28H37N5O2/c34-27(19-21-5-2-1-3-6-21)32-16-12-23(13-17-32)22-8-10-25(11-9-22)30-28(35)24-14-18-33(20-24)26-7-4-15-29-31-26/h4,7-11,15,21,23-24H,1-3,5-6,12-14,16-20H2,(H,30,35). The first-order valence-corrected chi connectivity index (χ1v) is 13.4. The van der Waals surface area contributed by atoms with Crippen molar-refractivity contribution in [2.45, 2.75) is 63.7 Å². The van der Waals surface area contributed by atoms with E-state index in [0.717, 1.165) is 56.8 Å². The Morgan fingerprint density at radius 2 is 1.69 bits per heavy atom. The summed E-state index contributed by atoms with van der Waals surface area (Å²) in [4.78, 5) is 29.8. The second-order valence-electron chi connectivity index (χ2n) is 10.5. The fourth-order valence-corrected chi connectivity index (χ4v) is 5.96. The summed E-state index contributed by atoms with van der Waals surface area (Å²) in [5, 5.41) is 11.2. The second kappa shape index (κ2) is 11.2. The van der Waals surface area contributed by atoms with Gasteiger partial charge in [-0.1, -0.05) is 31.4 Å². The molecule has 35 heavy (non-hydrogen) atoms. The van der Waals surface area contributed by atoms with E-state index in [2.05, 4.69) is 37.4 Å². The number of carbonyl (C=O) groups excluding carboxylic acids is 2. The minimum absolute atomic E-state index is 0.0489. The van der Waals surface area contributed by atoms with Crippen molar-refractivity contribution in [3.05, 3.63) is 48.2 Å². The Hall–Kier alpha value is -2.96. The first kappa shape index (κ1) is 23.8. The van der Waals surface area contributed by atoms with Crippen molar-refractivity contribution in [3.8, 4) is 0 Å². The number of hydrogen-bond donors (Lipinski definition) is 1. The zero-order valence-electron chi connectivity index (χ0n) is 20.6. The SMILES string of the molecule is O=C(Nc1ccc(C2CCN(C(=O)CC3CCCCC3)CC2)cc1)C1CCN(c2cccnn2)C1. The van der Waals surface area contributed by atoms with E-state index in [1.807, 2.05) is 24.3 Å². The van der Waals surface area contributed by atoms with E-state index in [1.165, 1.54) is 37.7 Å². The van der Waals surface area contributed by atoms with Gasteiger partial charge in [-0.2, -0.15) is 5.10 Å². The molecule has 7 nitrogen and oxygen atoms in total. The van der Waals surface area contributed by atoms with Gasteiger partial charge in [0.25, 0.3) is 0 Å². The Kier molecular flexibility index (Phi) is 7.60. The summed E-state index contributed by atoms with van der Waals surface area (Å²) in [5.74, 6) is 2.29. The molecule has 2 aliphatic heterocycles. The molecule has 1 N–H and O–H groups in total. The van der Waals surface area contributed by atoms with Gasteiger partial charge in [-0.05, 0) is 73.8 Å². The molecule has 0 spiro atoms. The molecule has 186 valence electrons. The highest BCUT2D eigenvalue weighted by Crippen LogP contribution is 2.31.